The van der Waals surface area contributed by atoms with E-state index in [4.69, 9.17) is 4.74 Å². The number of allylic oxidation sites excluding steroid dienone is 1. The predicted molar refractivity (Wildman–Crippen MR) is 88.6 cm³/mol. The third-order valence-corrected chi connectivity index (χ3v) is 4.23. The maximum atomic E-state index is 11.6. The van der Waals surface area contributed by atoms with Crippen LogP contribution in [0, 0.1) is 11.8 Å². The molecule has 112 valence electrons. The van der Waals surface area contributed by atoms with Gasteiger partial charge in [0.2, 0.25) is 0 Å². The van der Waals surface area contributed by atoms with E-state index in [0.717, 1.165) is 28.9 Å². The van der Waals surface area contributed by atoms with Gasteiger partial charge in [-0.25, -0.2) is 0 Å². The molecule has 0 radical (unpaired) electrons. The van der Waals surface area contributed by atoms with E-state index in [1.54, 1.807) is 0 Å². The van der Waals surface area contributed by atoms with Crippen LogP contribution in [-0.2, 0) is 4.79 Å². The molecule has 1 heterocycles. The Morgan fingerprint density at radius 1 is 1.00 bits per heavy atom. The average molecular weight is 292 g/mol. The van der Waals surface area contributed by atoms with Gasteiger partial charge in [0.25, 0.3) is 0 Å². The van der Waals surface area contributed by atoms with E-state index in [-0.39, 0.29) is 17.8 Å². The highest BCUT2D eigenvalue weighted by atomic mass is 16.5. The standard InChI is InChI=1S/C20H20O2/c1-14(2)18(13-21)17-12-20(15-8-4-3-5-9-15)22-19-11-7-6-10-16(17)19/h3-14,17-18H,1-2H3/t17-,18-/m0/s1. The first-order valence-electron chi connectivity index (χ1n) is 7.70. The van der Waals surface area contributed by atoms with Crippen molar-refractivity contribution in [2.24, 2.45) is 11.8 Å². The van der Waals surface area contributed by atoms with E-state index >= 15 is 0 Å². The largest absolute Gasteiger partial charge is 0.457 e. The number of para-hydroxylation sites is 1. The van der Waals surface area contributed by atoms with E-state index in [0.29, 0.717) is 0 Å². The van der Waals surface area contributed by atoms with Crippen LogP contribution in [0.2, 0.25) is 0 Å². The molecule has 0 spiro atoms. The zero-order chi connectivity index (χ0) is 15.5. The number of fused-ring (bicyclic) bond motifs is 1. The Hall–Kier alpha value is -2.35. The molecule has 0 N–H and O–H groups in total. The van der Waals surface area contributed by atoms with Crippen molar-refractivity contribution in [1.82, 2.24) is 0 Å². The molecule has 0 saturated carbocycles. The van der Waals surface area contributed by atoms with Gasteiger partial charge in [0.15, 0.2) is 0 Å². The molecule has 0 fully saturated rings. The summed E-state index contributed by atoms with van der Waals surface area (Å²) in [6, 6.07) is 18.0. The van der Waals surface area contributed by atoms with Gasteiger partial charge in [-0.15, -0.1) is 0 Å². The summed E-state index contributed by atoms with van der Waals surface area (Å²) in [6.45, 7) is 4.18. The van der Waals surface area contributed by atoms with E-state index < -0.39 is 0 Å². The first kappa shape index (κ1) is 14.6. The zero-order valence-electron chi connectivity index (χ0n) is 12.9. The zero-order valence-corrected chi connectivity index (χ0v) is 12.9. The molecule has 3 rings (SSSR count). The van der Waals surface area contributed by atoms with Gasteiger partial charge in [0.1, 0.15) is 17.8 Å². The van der Waals surface area contributed by atoms with Crippen LogP contribution in [0.5, 0.6) is 5.75 Å². The maximum Gasteiger partial charge on any atom is 0.131 e. The van der Waals surface area contributed by atoms with Gasteiger partial charge in [-0.1, -0.05) is 62.4 Å². The van der Waals surface area contributed by atoms with Gasteiger partial charge < -0.3 is 9.53 Å². The summed E-state index contributed by atoms with van der Waals surface area (Å²) in [7, 11) is 0. The maximum absolute atomic E-state index is 11.6. The second kappa shape index (κ2) is 6.18. The minimum Gasteiger partial charge on any atom is -0.457 e. The van der Waals surface area contributed by atoms with Crippen molar-refractivity contribution in [2.45, 2.75) is 19.8 Å². The number of benzene rings is 2. The highest BCUT2D eigenvalue weighted by molar-refractivity contribution is 5.69. The van der Waals surface area contributed by atoms with Crippen LogP contribution in [0.1, 0.15) is 30.9 Å². The van der Waals surface area contributed by atoms with E-state index in [9.17, 15) is 4.79 Å². The molecule has 2 aromatic rings. The molecule has 22 heavy (non-hydrogen) atoms. The lowest BCUT2D eigenvalue weighted by atomic mass is 9.78. The van der Waals surface area contributed by atoms with Gasteiger partial charge in [0.05, 0.1) is 0 Å². The van der Waals surface area contributed by atoms with Crippen LogP contribution in [-0.4, -0.2) is 6.29 Å². The average Bonchev–Trinajstić information content (AvgIpc) is 2.56. The highest BCUT2D eigenvalue weighted by Gasteiger charge is 2.30. The van der Waals surface area contributed by atoms with Crippen LogP contribution < -0.4 is 4.74 Å². The molecule has 2 heteroatoms. The summed E-state index contributed by atoms with van der Waals surface area (Å²) in [5, 5.41) is 0. The fourth-order valence-corrected chi connectivity index (χ4v) is 2.99. The Labute approximate surface area is 131 Å². The van der Waals surface area contributed by atoms with Crippen molar-refractivity contribution in [1.29, 1.82) is 0 Å². The highest BCUT2D eigenvalue weighted by Crippen LogP contribution is 2.42. The molecule has 0 saturated heterocycles. The Kier molecular flexibility index (Phi) is 4.10. The number of ether oxygens (including phenoxy) is 1. The van der Waals surface area contributed by atoms with Gasteiger partial charge in [-0.3, -0.25) is 0 Å². The lowest BCUT2D eigenvalue weighted by molar-refractivity contribution is -0.112. The number of carbonyl (C=O) groups excluding carboxylic acids is 1. The Morgan fingerprint density at radius 2 is 1.68 bits per heavy atom. The van der Waals surface area contributed by atoms with E-state index in [2.05, 4.69) is 26.0 Å². The fraction of sp³-hybridized carbons (Fsp3) is 0.250. The van der Waals surface area contributed by atoms with Crippen molar-refractivity contribution in [3.63, 3.8) is 0 Å². The molecule has 2 aromatic carbocycles. The molecule has 1 aliphatic rings. The minimum atomic E-state index is -0.0521. The first-order chi connectivity index (χ1) is 10.7. The van der Waals surface area contributed by atoms with Crippen LogP contribution in [0.3, 0.4) is 0 Å². The SMILES string of the molecule is CC(C)[C@H](C=O)[C@H]1C=C(c2ccccc2)Oc2ccccc21. The van der Waals surface area contributed by atoms with Crippen LogP contribution in [0.25, 0.3) is 5.76 Å². The van der Waals surface area contributed by atoms with Gasteiger partial charge >= 0.3 is 0 Å². The van der Waals surface area contributed by atoms with Gasteiger partial charge in [0, 0.05) is 23.0 Å². The Bertz CT molecular complexity index is 686. The summed E-state index contributed by atoms with van der Waals surface area (Å²) < 4.78 is 6.07. The number of aldehydes is 1. The lowest BCUT2D eigenvalue weighted by Crippen LogP contribution is -2.22. The molecule has 0 aromatic heterocycles. The van der Waals surface area contributed by atoms with Crippen molar-refractivity contribution in [3.8, 4) is 5.75 Å². The Balaban J connectivity index is 2.08. The van der Waals surface area contributed by atoms with E-state index in [1.165, 1.54) is 0 Å². The molecule has 0 bridgehead atoms. The summed E-state index contributed by atoms with van der Waals surface area (Å²) in [5.41, 5.74) is 2.13. The quantitative estimate of drug-likeness (QED) is 0.765. The van der Waals surface area contributed by atoms with Gasteiger partial charge in [-0.2, -0.15) is 0 Å². The van der Waals surface area contributed by atoms with Crippen LogP contribution >= 0.6 is 0 Å². The fourth-order valence-electron chi connectivity index (χ4n) is 2.99. The number of hydrogen-bond donors (Lipinski definition) is 0. The summed E-state index contributed by atoms with van der Waals surface area (Å²) in [6.07, 6.45) is 3.17. The summed E-state index contributed by atoms with van der Waals surface area (Å²) >= 11 is 0. The van der Waals surface area contributed by atoms with E-state index in [1.807, 2.05) is 48.5 Å². The molecular formula is C20H20O2. The molecule has 1 aliphatic heterocycles. The monoisotopic (exact) mass is 292 g/mol. The van der Waals surface area contributed by atoms with Crippen LogP contribution in [0.4, 0.5) is 0 Å². The molecule has 0 amide bonds. The normalized spacial score (nSPS) is 18.1. The topological polar surface area (TPSA) is 26.3 Å². The number of rotatable bonds is 4. The van der Waals surface area contributed by atoms with Crippen LogP contribution in [0.15, 0.2) is 60.7 Å². The Morgan fingerprint density at radius 3 is 2.36 bits per heavy atom. The molecular weight excluding hydrogens is 272 g/mol. The second-order valence-electron chi connectivity index (χ2n) is 6.02. The summed E-state index contributed by atoms with van der Waals surface area (Å²) in [4.78, 5) is 11.6. The smallest absolute Gasteiger partial charge is 0.131 e. The lowest BCUT2D eigenvalue weighted by Gasteiger charge is -2.30. The van der Waals surface area contributed by atoms with Crippen molar-refractivity contribution >= 4 is 12.0 Å². The minimum absolute atomic E-state index is 0.0521. The second-order valence-corrected chi connectivity index (χ2v) is 6.02. The predicted octanol–water partition coefficient (Wildman–Crippen LogP) is 4.67. The molecule has 2 atom stereocenters. The third kappa shape index (κ3) is 2.69. The van der Waals surface area contributed by atoms with Gasteiger partial charge in [-0.05, 0) is 18.1 Å². The molecule has 0 aliphatic carbocycles. The van der Waals surface area contributed by atoms with Crippen molar-refractivity contribution in [3.05, 3.63) is 71.8 Å². The van der Waals surface area contributed by atoms with Crippen molar-refractivity contribution in [2.75, 3.05) is 0 Å². The first-order valence-corrected chi connectivity index (χ1v) is 7.70. The molecule has 2 nitrogen and oxygen atoms in total. The molecule has 0 unspecified atom stereocenters. The number of carbonyl (C=O) groups is 1. The van der Waals surface area contributed by atoms with Crippen molar-refractivity contribution < 1.29 is 9.53 Å². The third-order valence-electron chi connectivity index (χ3n) is 4.23. The number of hydrogen-bond acceptors (Lipinski definition) is 2. The summed E-state index contributed by atoms with van der Waals surface area (Å²) in [5.74, 6) is 1.96.